The van der Waals surface area contributed by atoms with Gasteiger partial charge in [-0.15, -0.1) is 0 Å². The smallest absolute Gasteiger partial charge is 0.127 e. The van der Waals surface area contributed by atoms with Gasteiger partial charge < -0.3 is 4.79 Å². The van der Waals surface area contributed by atoms with Crippen LogP contribution in [0.25, 0.3) is 0 Å². The minimum atomic E-state index is -0.158. The predicted molar refractivity (Wildman–Crippen MR) is 25.8 cm³/mol. The summed E-state index contributed by atoms with van der Waals surface area (Å²) in [6, 6.07) is 2.15. The lowest BCUT2D eigenvalue weighted by molar-refractivity contribution is -0.110. The fourth-order valence-electron chi connectivity index (χ4n) is 1.32. The van der Waals surface area contributed by atoms with E-state index in [4.69, 9.17) is 5.26 Å². The molecule has 0 aromatic heterocycles. The summed E-state index contributed by atoms with van der Waals surface area (Å²) in [5.41, 5.74) is -0.295. The molecule has 0 unspecified atom stereocenters. The fourth-order valence-corrected chi connectivity index (χ4v) is 1.32. The molecule has 2 fully saturated rings. The Morgan fingerprint density at radius 3 is 2.38 bits per heavy atom. The van der Waals surface area contributed by atoms with Gasteiger partial charge in [0.25, 0.3) is 0 Å². The first-order valence-electron chi connectivity index (χ1n) is 2.66. The lowest BCUT2D eigenvalue weighted by Crippen LogP contribution is -1.82. The minimum Gasteiger partial charge on any atom is -0.303 e. The number of carbonyl (C=O) groups is 1. The second-order valence-electron chi connectivity index (χ2n) is 2.82. The SMILES string of the molecule is N#CC12CC1(C=O)C2. The van der Waals surface area contributed by atoms with Crippen molar-refractivity contribution in [3.05, 3.63) is 0 Å². The number of aldehydes is 1. The minimum absolute atomic E-state index is 0.137. The van der Waals surface area contributed by atoms with Crippen molar-refractivity contribution < 1.29 is 4.79 Å². The summed E-state index contributed by atoms with van der Waals surface area (Å²) in [5, 5.41) is 8.39. The largest absolute Gasteiger partial charge is 0.303 e. The van der Waals surface area contributed by atoms with Crippen molar-refractivity contribution in [2.45, 2.75) is 12.8 Å². The molecule has 40 valence electrons. The number of carbonyl (C=O) groups excluding carboxylic acids is 1. The van der Waals surface area contributed by atoms with Crippen molar-refractivity contribution in [3.63, 3.8) is 0 Å². The number of nitrogens with zero attached hydrogens (tertiary/aromatic N) is 1. The number of fused-ring (bicyclic) bond motifs is 1. The van der Waals surface area contributed by atoms with Crippen LogP contribution in [-0.2, 0) is 4.79 Å². The molecule has 0 aromatic carbocycles. The molecule has 0 atom stereocenters. The molecule has 2 saturated carbocycles. The van der Waals surface area contributed by atoms with Gasteiger partial charge in [-0.05, 0) is 12.8 Å². The summed E-state index contributed by atoms with van der Waals surface area (Å²) in [4.78, 5) is 10.1. The summed E-state index contributed by atoms with van der Waals surface area (Å²) in [5.74, 6) is 0. The molecule has 2 aliphatic carbocycles. The third kappa shape index (κ3) is 0.182. The topological polar surface area (TPSA) is 40.9 Å². The van der Waals surface area contributed by atoms with Crippen LogP contribution in [0.1, 0.15) is 12.8 Å². The van der Waals surface area contributed by atoms with E-state index in [1.54, 1.807) is 0 Å². The molecule has 0 spiro atoms. The van der Waals surface area contributed by atoms with E-state index in [0.29, 0.717) is 0 Å². The summed E-state index contributed by atoms with van der Waals surface area (Å²) in [6.07, 6.45) is 2.61. The van der Waals surface area contributed by atoms with E-state index in [1.165, 1.54) is 0 Å². The van der Waals surface area contributed by atoms with E-state index in [2.05, 4.69) is 6.07 Å². The molecule has 0 amide bonds. The van der Waals surface area contributed by atoms with Gasteiger partial charge in [0, 0.05) is 5.41 Å². The lowest BCUT2D eigenvalue weighted by Gasteiger charge is -1.80. The number of rotatable bonds is 1. The van der Waals surface area contributed by atoms with Gasteiger partial charge >= 0.3 is 0 Å². The number of hydrogen-bond donors (Lipinski definition) is 0. The van der Waals surface area contributed by atoms with Gasteiger partial charge in [-0.2, -0.15) is 5.26 Å². The average Bonchev–Trinajstić information content (AvgIpc) is 2.48. The van der Waals surface area contributed by atoms with Crippen molar-refractivity contribution in [3.8, 4) is 6.07 Å². The zero-order chi connectivity index (χ0) is 5.83. The second kappa shape index (κ2) is 0.714. The van der Waals surface area contributed by atoms with Crippen LogP contribution in [-0.4, -0.2) is 6.29 Å². The average molecular weight is 107 g/mol. The van der Waals surface area contributed by atoms with Crippen LogP contribution in [0, 0.1) is 22.2 Å². The van der Waals surface area contributed by atoms with Crippen LogP contribution in [0.2, 0.25) is 0 Å². The van der Waals surface area contributed by atoms with Crippen molar-refractivity contribution in [1.82, 2.24) is 0 Å². The standard InChI is InChI=1S/C6H5NO/c7-3-5-1-6(5,2-5)4-8/h4H,1-2H2. The van der Waals surface area contributed by atoms with Crippen LogP contribution in [0.3, 0.4) is 0 Å². The molecule has 8 heavy (non-hydrogen) atoms. The van der Waals surface area contributed by atoms with Crippen LogP contribution >= 0.6 is 0 Å². The van der Waals surface area contributed by atoms with Crippen LogP contribution < -0.4 is 0 Å². The molecule has 2 nitrogen and oxygen atoms in total. The second-order valence-corrected chi connectivity index (χ2v) is 2.82. The van der Waals surface area contributed by atoms with Gasteiger partial charge in [0.05, 0.1) is 11.5 Å². The Morgan fingerprint density at radius 1 is 1.62 bits per heavy atom. The van der Waals surface area contributed by atoms with Crippen LogP contribution in [0.4, 0.5) is 0 Å². The Bertz CT molecular complexity index is 195. The quantitative estimate of drug-likeness (QED) is 0.457. The van der Waals surface area contributed by atoms with Crippen molar-refractivity contribution in [2.24, 2.45) is 10.8 Å². The normalized spacial score (nSPS) is 55.9. The summed E-state index contributed by atoms with van der Waals surface area (Å²) in [7, 11) is 0. The van der Waals surface area contributed by atoms with Gasteiger partial charge in [-0.1, -0.05) is 0 Å². The fraction of sp³-hybridized carbons (Fsp3) is 0.667. The molecular formula is C6H5NO. The highest BCUT2D eigenvalue weighted by molar-refractivity contribution is 5.76. The zero-order valence-corrected chi connectivity index (χ0v) is 4.35. The predicted octanol–water partition coefficient (Wildman–Crippen LogP) is 0.489. The van der Waals surface area contributed by atoms with E-state index in [9.17, 15) is 4.79 Å². The molecule has 2 aliphatic rings. The molecule has 2 heteroatoms. The molecule has 0 N–H and O–H groups in total. The molecule has 0 radical (unpaired) electrons. The van der Waals surface area contributed by atoms with Gasteiger partial charge in [0.1, 0.15) is 6.29 Å². The molecular weight excluding hydrogens is 102 g/mol. The van der Waals surface area contributed by atoms with Crippen LogP contribution in [0.15, 0.2) is 0 Å². The Balaban J connectivity index is 2.29. The van der Waals surface area contributed by atoms with Crippen LogP contribution in [0.5, 0.6) is 0 Å². The van der Waals surface area contributed by atoms with Gasteiger partial charge in [-0.25, -0.2) is 0 Å². The van der Waals surface area contributed by atoms with E-state index < -0.39 is 0 Å². The highest BCUT2D eigenvalue weighted by Crippen LogP contribution is 2.84. The number of nitriles is 1. The highest BCUT2D eigenvalue weighted by atomic mass is 16.1. The van der Waals surface area contributed by atoms with Crippen molar-refractivity contribution >= 4 is 6.29 Å². The Hall–Kier alpha value is -0.840. The monoisotopic (exact) mass is 107 g/mol. The van der Waals surface area contributed by atoms with E-state index in [-0.39, 0.29) is 10.8 Å². The van der Waals surface area contributed by atoms with E-state index >= 15 is 0 Å². The molecule has 2 rings (SSSR count). The first kappa shape index (κ1) is 4.08. The first-order valence-corrected chi connectivity index (χ1v) is 2.66. The van der Waals surface area contributed by atoms with Gasteiger partial charge in [-0.3, -0.25) is 0 Å². The maximum absolute atomic E-state index is 10.1. The van der Waals surface area contributed by atoms with Crippen molar-refractivity contribution in [2.75, 3.05) is 0 Å². The Kier molecular flexibility index (Phi) is 0.364. The van der Waals surface area contributed by atoms with E-state index in [1.807, 2.05) is 0 Å². The Labute approximate surface area is 47.1 Å². The van der Waals surface area contributed by atoms with Crippen molar-refractivity contribution in [1.29, 1.82) is 5.26 Å². The zero-order valence-electron chi connectivity index (χ0n) is 4.35. The van der Waals surface area contributed by atoms with Gasteiger partial charge in [0.2, 0.25) is 0 Å². The van der Waals surface area contributed by atoms with E-state index in [0.717, 1.165) is 19.1 Å². The Morgan fingerprint density at radius 2 is 2.25 bits per heavy atom. The summed E-state index contributed by atoms with van der Waals surface area (Å²) < 4.78 is 0. The molecule has 0 aromatic rings. The third-order valence-electron chi connectivity index (χ3n) is 2.38. The van der Waals surface area contributed by atoms with Gasteiger partial charge in [0.15, 0.2) is 0 Å². The molecule has 0 heterocycles. The maximum atomic E-state index is 10.1. The summed E-state index contributed by atoms with van der Waals surface area (Å²) >= 11 is 0. The lowest BCUT2D eigenvalue weighted by atomic mass is 10.2. The number of hydrogen-bond acceptors (Lipinski definition) is 2. The summed E-state index contributed by atoms with van der Waals surface area (Å²) in [6.45, 7) is 0. The molecule has 0 aliphatic heterocycles. The first-order chi connectivity index (χ1) is 3.79. The third-order valence-corrected chi connectivity index (χ3v) is 2.38. The highest BCUT2D eigenvalue weighted by Gasteiger charge is 2.84. The maximum Gasteiger partial charge on any atom is 0.127 e. The molecule has 0 bridgehead atoms. The molecule has 0 saturated heterocycles.